The largest absolute Gasteiger partial charge is 0.497 e. The van der Waals surface area contributed by atoms with E-state index in [0.717, 1.165) is 22.6 Å². The van der Waals surface area contributed by atoms with Crippen LogP contribution in [0.3, 0.4) is 0 Å². The number of nitrogen functional groups attached to an aromatic ring is 1. The van der Waals surface area contributed by atoms with E-state index in [9.17, 15) is 4.79 Å². The van der Waals surface area contributed by atoms with Gasteiger partial charge >= 0.3 is 0 Å². The summed E-state index contributed by atoms with van der Waals surface area (Å²) in [6.07, 6.45) is 1.60. The Labute approximate surface area is 145 Å². The molecule has 0 saturated carbocycles. The minimum absolute atomic E-state index is 0.135. The van der Waals surface area contributed by atoms with Gasteiger partial charge in [0.2, 0.25) is 5.95 Å². The molecule has 0 saturated heterocycles. The van der Waals surface area contributed by atoms with Crippen molar-refractivity contribution in [3.8, 4) is 17.0 Å². The molecule has 2 aromatic carbocycles. The summed E-state index contributed by atoms with van der Waals surface area (Å²) in [6, 6.07) is 16.5. The number of rotatable bonds is 5. The van der Waals surface area contributed by atoms with Crippen LogP contribution in [0.15, 0.2) is 60.8 Å². The lowest BCUT2D eigenvalue weighted by Crippen LogP contribution is -2.22. The average molecular weight is 334 g/mol. The molecule has 0 spiro atoms. The van der Waals surface area contributed by atoms with Crippen LogP contribution < -0.4 is 15.8 Å². The maximum absolute atomic E-state index is 12.3. The second-order valence-electron chi connectivity index (χ2n) is 5.41. The van der Waals surface area contributed by atoms with Crippen LogP contribution in [-0.2, 0) is 6.54 Å². The molecule has 3 rings (SSSR count). The number of amides is 1. The first kappa shape index (κ1) is 16.4. The fourth-order valence-electron chi connectivity index (χ4n) is 2.35. The predicted molar refractivity (Wildman–Crippen MR) is 96.0 cm³/mol. The zero-order valence-corrected chi connectivity index (χ0v) is 13.8. The minimum Gasteiger partial charge on any atom is -0.497 e. The maximum Gasteiger partial charge on any atom is 0.251 e. The quantitative estimate of drug-likeness (QED) is 0.748. The van der Waals surface area contributed by atoms with Gasteiger partial charge in [0.25, 0.3) is 5.91 Å². The summed E-state index contributed by atoms with van der Waals surface area (Å²) in [5.74, 6) is 0.874. The highest BCUT2D eigenvalue weighted by atomic mass is 16.5. The molecular weight excluding hydrogens is 316 g/mol. The number of nitrogens with two attached hydrogens (primary N) is 1. The van der Waals surface area contributed by atoms with E-state index in [1.165, 1.54) is 0 Å². The van der Waals surface area contributed by atoms with Gasteiger partial charge in [-0.2, -0.15) is 0 Å². The number of carbonyl (C=O) groups is 1. The monoisotopic (exact) mass is 334 g/mol. The van der Waals surface area contributed by atoms with E-state index in [1.54, 1.807) is 31.5 Å². The number of hydrogen-bond donors (Lipinski definition) is 2. The second-order valence-corrected chi connectivity index (χ2v) is 5.41. The molecule has 1 heterocycles. The Morgan fingerprint density at radius 3 is 2.44 bits per heavy atom. The van der Waals surface area contributed by atoms with Crippen molar-refractivity contribution in [2.75, 3.05) is 12.8 Å². The Balaban J connectivity index is 1.64. The summed E-state index contributed by atoms with van der Waals surface area (Å²) in [5.41, 5.74) is 8.77. The molecule has 0 radical (unpaired) electrons. The number of hydrogen-bond acceptors (Lipinski definition) is 5. The van der Waals surface area contributed by atoms with Crippen LogP contribution in [0.25, 0.3) is 11.3 Å². The molecule has 0 bridgehead atoms. The van der Waals surface area contributed by atoms with Crippen molar-refractivity contribution in [1.82, 2.24) is 15.3 Å². The molecule has 0 aliphatic rings. The molecule has 6 heteroatoms. The highest BCUT2D eigenvalue weighted by molar-refractivity contribution is 5.94. The number of nitrogens with zero attached hydrogens (tertiary/aromatic N) is 2. The zero-order chi connectivity index (χ0) is 17.6. The SMILES string of the molecule is COc1ccc(CNC(=O)c2ccc(-c3ccnc(N)n3)cc2)cc1. The van der Waals surface area contributed by atoms with E-state index >= 15 is 0 Å². The first-order chi connectivity index (χ1) is 12.2. The summed E-state index contributed by atoms with van der Waals surface area (Å²) in [5, 5.41) is 2.90. The highest BCUT2D eigenvalue weighted by Gasteiger charge is 2.07. The van der Waals surface area contributed by atoms with Gasteiger partial charge in [0.05, 0.1) is 12.8 Å². The van der Waals surface area contributed by atoms with Gasteiger partial charge in [0.1, 0.15) is 5.75 Å². The summed E-state index contributed by atoms with van der Waals surface area (Å²) >= 11 is 0. The third-order valence-corrected chi connectivity index (χ3v) is 3.73. The van der Waals surface area contributed by atoms with Gasteiger partial charge in [-0.1, -0.05) is 24.3 Å². The Morgan fingerprint density at radius 2 is 1.80 bits per heavy atom. The highest BCUT2D eigenvalue weighted by Crippen LogP contribution is 2.18. The molecule has 1 aromatic heterocycles. The van der Waals surface area contributed by atoms with Crippen molar-refractivity contribution in [1.29, 1.82) is 0 Å². The molecule has 0 unspecified atom stereocenters. The Kier molecular flexibility index (Phi) is 4.89. The van der Waals surface area contributed by atoms with Crippen LogP contribution in [0.1, 0.15) is 15.9 Å². The Hall–Kier alpha value is -3.41. The number of methoxy groups -OCH3 is 1. The van der Waals surface area contributed by atoms with Crippen LogP contribution in [0.4, 0.5) is 5.95 Å². The van der Waals surface area contributed by atoms with Crippen molar-refractivity contribution in [2.45, 2.75) is 6.54 Å². The summed E-state index contributed by atoms with van der Waals surface area (Å²) in [7, 11) is 1.62. The number of anilines is 1. The van der Waals surface area contributed by atoms with E-state index in [-0.39, 0.29) is 11.9 Å². The molecule has 126 valence electrons. The number of ether oxygens (including phenoxy) is 1. The van der Waals surface area contributed by atoms with E-state index in [0.29, 0.717) is 12.1 Å². The molecule has 1 amide bonds. The molecule has 6 nitrogen and oxygen atoms in total. The van der Waals surface area contributed by atoms with E-state index < -0.39 is 0 Å². The number of nitrogens with one attached hydrogen (secondary N) is 1. The van der Waals surface area contributed by atoms with E-state index in [1.807, 2.05) is 36.4 Å². The standard InChI is InChI=1S/C19H18N4O2/c1-25-16-8-2-13(3-9-16)12-22-18(24)15-6-4-14(5-7-15)17-10-11-21-19(20)23-17/h2-11H,12H2,1H3,(H,22,24)(H2,20,21,23). The lowest BCUT2D eigenvalue weighted by Gasteiger charge is -2.07. The first-order valence-electron chi connectivity index (χ1n) is 7.76. The lowest BCUT2D eigenvalue weighted by molar-refractivity contribution is 0.0951. The van der Waals surface area contributed by atoms with Crippen LogP contribution in [0, 0.1) is 0 Å². The molecule has 3 N–H and O–H groups in total. The van der Waals surface area contributed by atoms with E-state index in [4.69, 9.17) is 10.5 Å². The first-order valence-corrected chi connectivity index (χ1v) is 7.76. The fourth-order valence-corrected chi connectivity index (χ4v) is 2.35. The summed E-state index contributed by atoms with van der Waals surface area (Å²) in [6.45, 7) is 0.451. The predicted octanol–water partition coefficient (Wildman–Crippen LogP) is 2.66. The van der Waals surface area contributed by atoms with Crippen LogP contribution in [0.5, 0.6) is 5.75 Å². The fraction of sp³-hybridized carbons (Fsp3) is 0.105. The summed E-state index contributed by atoms with van der Waals surface area (Å²) in [4.78, 5) is 20.3. The van der Waals surface area contributed by atoms with Crippen LogP contribution in [0.2, 0.25) is 0 Å². The number of aromatic nitrogens is 2. The molecule has 3 aromatic rings. The van der Waals surface area contributed by atoms with E-state index in [2.05, 4.69) is 15.3 Å². The molecule has 0 fully saturated rings. The van der Waals surface area contributed by atoms with Gasteiger partial charge in [-0.25, -0.2) is 9.97 Å². The van der Waals surface area contributed by atoms with Gasteiger partial charge in [0.15, 0.2) is 0 Å². The van der Waals surface area contributed by atoms with Crippen molar-refractivity contribution < 1.29 is 9.53 Å². The van der Waals surface area contributed by atoms with Crippen molar-refractivity contribution in [3.05, 3.63) is 71.9 Å². The van der Waals surface area contributed by atoms with Gasteiger partial charge in [0, 0.05) is 23.9 Å². The van der Waals surface area contributed by atoms with Crippen LogP contribution >= 0.6 is 0 Å². The normalized spacial score (nSPS) is 10.3. The third-order valence-electron chi connectivity index (χ3n) is 3.73. The van der Waals surface area contributed by atoms with Gasteiger partial charge in [-0.3, -0.25) is 4.79 Å². The Morgan fingerprint density at radius 1 is 1.08 bits per heavy atom. The Bertz CT molecular complexity index is 861. The molecule has 25 heavy (non-hydrogen) atoms. The number of benzene rings is 2. The van der Waals surface area contributed by atoms with Gasteiger partial charge in [-0.05, 0) is 35.9 Å². The van der Waals surface area contributed by atoms with Crippen molar-refractivity contribution in [3.63, 3.8) is 0 Å². The van der Waals surface area contributed by atoms with Gasteiger partial charge < -0.3 is 15.8 Å². The minimum atomic E-state index is -0.135. The summed E-state index contributed by atoms with van der Waals surface area (Å²) < 4.78 is 5.11. The van der Waals surface area contributed by atoms with Crippen molar-refractivity contribution in [2.24, 2.45) is 0 Å². The zero-order valence-electron chi connectivity index (χ0n) is 13.8. The molecule has 0 aliphatic carbocycles. The second kappa shape index (κ2) is 7.44. The maximum atomic E-state index is 12.3. The van der Waals surface area contributed by atoms with Gasteiger partial charge in [-0.15, -0.1) is 0 Å². The topological polar surface area (TPSA) is 90.1 Å². The molecular formula is C19H18N4O2. The third kappa shape index (κ3) is 4.11. The number of carbonyl (C=O) groups excluding carboxylic acids is 1. The van der Waals surface area contributed by atoms with Crippen molar-refractivity contribution >= 4 is 11.9 Å². The molecule has 0 atom stereocenters. The smallest absolute Gasteiger partial charge is 0.251 e. The molecule has 0 aliphatic heterocycles. The average Bonchev–Trinajstić information content (AvgIpc) is 2.66. The van der Waals surface area contributed by atoms with Crippen LogP contribution in [-0.4, -0.2) is 23.0 Å². The lowest BCUT2D eigenvalue weighted by atomic mass is 10.1.